The molecule has 0 fully saturated rings. The number of amides is 1. The van der Waals surface area contributed by atoms with Crippen LogP contribution >= 0.6 is 0 Å². The smallest absolute Gasteiger partial charge is 0.217 e. The zero-order chi connectivity index (χ0) is 14.8. The van der Waals surface area contributed by atoms with E-state index < -0.39 is 0 Å². The molecule has 1 aromatic rings. The van der Waals surface area contributed by atoms with E-state index in [2.05, 4.69) is 10.5 Å². The van der Waals surface area contributed by atoms with Crippen molar-refractivity contribution in [2.45, 2.75) is 25.2 Å². The Bertz CT molecular complexity index is 434. The number of carbonyl (C=O) groups excluding carboxylic acids is 1. The first-order valence-corrected chi connectivity index (χ1v) is 6.66. The number of rotatable bonds is 9. The third-order valence-electron chi connectivity index (χ3n) is 3.05. The summed E-state index contributed by atoms with van der Waals surface area (Å²) in [6, 6.07) is 9.64. The van der Waals surface area contributed by atoms with Gasteiger partial charge in [0.15, 0.2) is 0 Å². The minimum atomic E-state index is -0.274. The van der Waals surface area contributed by atoms with Crippen molar-refractivity contribution in [3.05, 3.63) is 35.9 Å². The predicted molar refractivity (Wildman–Crippen MR) is 78.5 cm³/mol. The van der Waals surface area contributed by atoms with E-state index in [1.54, 1.807) is 0 Å². The van der Waals surface area contributed by atoms with Crippen LogP contribution in [0.1, 0.15) is 30.7 Å². The third kappa shape index (κ3) is 5.71. The van der Waals surface area contributed by atoms with Crippen LogP contribution in [0.25, 0.3) is 0 Å². The summed E-state index contributed by atoms with van der Waals surface area (Å²) >= 11 is 0. The van der Waals surface area contributed by atoms with E-state index in [9.17, 15) is 4.79 Å². The maximum absolute atomic E-state index is 10.6. The van der Waals surface area contributed by atoms with Crippen LogP contribution in [0, 0.1) is 0 Å². The van der Waals surface area contributed by atoms with E-state index in [-0.39, 0.29) is 17.7 Å². The SMILES string of the molecule is NC(=O)CCCCNCC(/C(N)=N/O)c1ccccc1. The Balaban J connectivity index is 2.41. The summed E-state index contributed by atoms with van der Waals surface area (Å²) in [4.78, 5) is 10.6. The number of hydrogen-bond acceptors (Lipinski definition) is 4. The number of amidine groups is 1. The van der Waals surface area contributed by atoms with Crippen molar-refractivity contribution in [2.24, 2.45) is 16.6 Å². The lowest BCUT2D eigenvalue weighted by molar-refractivity contribution is -0.118. The number of carbonyl (C=O) groups is 1. The molecule has 0 aliphatic rings. The van der Waals surface area contributed by atoms with Crippen molar-refractivity contribution in [1.29, 1.82) is 0 Å². The molecule has 6 nitrogen and oxygen atoms in total. The molecule has 0 spiro atoms. The second-order valence-electron chi connectivity index (χ2n) is 4.62. The molecule has 0 saturated heterocycles. The summed E-state index contributed by atoms with van der Waals surface area (Å²) in [6.45, 7) is 1.34. The molecular weight excluding hydrogens is 256 g/mol. The molecule has 110 valence electrons. The Morgan fingerprint density at radius 3 is 2.55 bits per heavy atom. The normalized spacial score (nSPS) is 13.1. The summed E-state index contributed by atoms with van der Waals surface area (Å²) in [5.41, 5.74) is 11.8. The van der Waals surface area contributed by atoms with E-state index in [1.165, 1.54) is 0 Å². The van der Waals surface area contributed by atoms with Gasteiger partial charge in [0.25, 0.3) is 0 Å². The Kier molecular flexibility index (Phi) is 7.13. The monoisotopic (exact) mass is 278 g/mol. The van der Waals surface area contributed by atoms with Crippen LogP contribution in [0.5, 0.6) is 0 Å². The molecule has 0 bridgehead atoms. The average Bonchev–Trinajstić information content (AvgIpc) is 2.46. The van der Waals surface area contributed by atoms with Gasteiger partial charge in [-0.05, 0) is 24.9 Å². The van der Waals surface area contributed by atoms with Gasteiger partial charge in [-0.3, -0.25) is 4.79 Å². The molecule has 0 aromatic heterocycles. The summed E-state index contributed by atoms with van der Waals surface area (Å²) in [6.07, 6.45) is 2.03. The zero-order valence-electron chi connectivity index (χ0n) is 11.5. The molecule has 1 amide bonds. The molecule has 0 radical (unpaired) electrons. The highest BCUT2D eigenvalue weighted by molar-refractivity contribution is 5.87. The molecule has 1 rings (SSSR count). The molecule has 0 aliphatic carbocycles. The second-order valence-corrected chi connectivity index (χ2v) is 4.62. The van der Waals surface area contributed by atoms with Gasteiger partial charge in [0.05, 0.1) is 5.92 Å². The number of unbranched alkanes of at least 4 members (excludes halogenated alkanes) is 1. The lowest BCUT2D eigenvalue weighted by atomic mass is 9.98. The Morgan fingerprint density at radius 2 is 1.95 bits per heavy atom. The first kappa shape index (κ1) is 16.0. The molecule has 1 atom stereocenters. The summed E-state index contributed by atoms with van der Waals surface area (Å²) in [7, 11) is 0. The van der Waals surface area contributed by atoms with Crippen molar-refractivity contribution in [1.82, 2.24) is 5.32 Å². The molecule has 6 N–H and O–H groups in total. The molecule has 0 heterocycles. The highest BCUT2D eigenvalue weighted by Crippen LogP contribution is 2.14. The van der Waals surface area contributed by atoms with E-state index in [0.29, 0.717) is 13.0 Å². The minimum Gasteiger partial charge on any atom is -0.409 e. The standard InChI is InChI=1S/C14H22N4O2/c15-13(19)8-4-5-9-17-10-12(14(16)18-20)11-6-2-1-3-7-11/h1-3,6-7,12,17,20H,4-5,8-10H2,(H2,15,19)(H2,16,18). The van der Waals surface area contributed by atoms with Gasteiger partial charge >= 0.3 is 0 Å². The molecule has 1 aromatic carbocycles. The van der Waals surface area contributed by atoms with E-state index in [4.69, 9.17) is 16.7 Å². The maximum atomic E-state index is 10.6. The van der Waals surface area contributed by atoms with Crippen LogP contribution in [0.3, 0.4) is 0 Å². The third-order valence-corrected chi connectivity index (χ3v) is 3.05. The minimum absolute atomic E-state index is 0.169. The van der Waals surface area contributed by atoms with Gasteiger partial charge in [-0.2, -0.15) is 0 Å². The van der Waals surface area contributed by atoms with E-state index in [0.717, 1.165) is 24.9 Å². The molecule has 0 saturated carbocycles. The Labute approximate surface area is 118 Å². The average molecular weight is 278 g/mol. The topological polar surface area (TPSA) is 114 Å². The van der Waals surface area contributed by atoms with E-state index in [1.807, 2.05) is 30.3 Å². The summed E-state index contributed by atoms with van der Waals surface area (Å²) in [5.74, 6) is -0.262. The van der Waals surface area contributed by atoms with Gasteiger partial charge in [-0.1, -0.05) is 35.5 Å². The van der Waals surface area contributed by atoms with Crippen LogP contribution < -0.4 is 16.8 Å². The van der Waals surface area contributed by atoms with Gasteiger partial charge in [-0.25, -0.2) is 0 Å². The Hall–Kier alpha value is -2.08. The highest BCUT2D eigenvalue weighted by atomic mass is 16.4. The van der Waals surface area contributed by atoms with Crippen LogP contribution in [0.4, 0.5) is 0 Å². The van der Waals surface area contributed by atoms with Crippen molar-refractivity contribution in [2.75, 3.05) is 13.1 Å². The van der Waals surface area contributed by atoms with Crippen LogP contribution in [0.15, 0.2) is 35.5 Å². The lowest BCUT2D eigenvalue weighted by Crippen LogP contribution is -2.32. The first-order valence-electron chi connectivity index (χ1n) is 6.66. The lowest BCUT2D eigenvalue weighted by Gasteiger charge is -2.16. The summed E-state index contributed by atoms with van der Waals surface area (Å²) in [5, 5.41) is 15.2. The van der Waals surface area contributed by atoms with Gasteiger partial charge in [0.1, 0.15) is 5.84 Å². The fraction of sp³-hybridized carbons (Fsp3) is 0.429. The van der Waals surface area contributed by atoms with Crippen LogP contribution in [-0.2, 0) is 4.79 Å². The zero-order valence-corrected chi connectivity index (χ0v) is 11.5. The van der Waals surface area contributed by atoms with Crippen molar-refractivity contribution < 1.29 is 10.0 Å². The van der Waals surface area contributed by atoms with Gasteiger partial charge in [0.2, 0.25) is 5.91 Å². The fourth-order valence-corrected chi connectivity index (χ4v) is 1.94. The van der Waals surface area contributed by atoms with Crippen molar-refractivity contribution >= 4 is 11.7 Å². The molecule has 1 unspecified atom stereocenters. The van der Waals surface area contributed by atoms with Crippen molar-refractivity contribution in [3.8, 4) is 0 Å². The highest BCUT2D eigenvalue weighted by Gasteiger charge is 2.15. The number of oxime groups is 1. The second kappa shape index (κ2) is 8.92. The number of benzene rings is 1. The number of hydrogen-bond donors (Lipinski definition) is 4. The molecule has 6 heteroatoms. The number of nitrogens with two attached hydrogens (primary N) is 2. The number of nitrogens with one attached hydrogen (secondary N) is 1. The maximum Gasteiger partial charge on any atom is 0.217 e. The van der Waals surface area contributed by atoms with Gasteiger partial charge in [-0.15, -0.1) is 0 Å². The predicted octanol–water partition coefficient (Wildman–Crippen LogP) is 0.762. The molecular formula is C14H22N4O2. The molecule has 0 aliphatic heterocycles. The molecule has 20 heavy (non-hydrogen) atoms. The Morgan fingerprint density at radius 1 is 1.25 bits per heavy atom. The van der Waals surface area contributed by atoms with Crippen molar-refractivity contribution in [3.63, 3.8) is 0 Å². The number of primary amides is 1. The van der Waals surface area contributed by atoms with Gasteiger partial charge in [0, 0.05) is 13.0 Å². The first-order chi connectivity index (χ1) is 9.65. The number of nitrogens with zero attached hydrogens (tertiary/aromatic N) is 1. The van der Waals surface area contributed by atoms with Crippen LogP contribution in [-0.4, -0.2) is 30.0 Å². The fourth-order valence-electron chi connectivity index (χ4n) is 1.94. The van der Waals surface area contributed by atoms with E-state index >= 15 is 0 Å². The van der Waals surface area contributed by atoms with Gasteiger partial charge < -0.3 is 22.0 Å². The van der Waals surface area contributed by atoms with Crippen LogP contribution in [0.2, 0.25) is 0 Å². The quantitative estimate of drug-likeness (QED) is 0.175. The summed E-state index contributed by atoms with van der Waals surface area (Å²) < 4.78 is 0. The largest absolute Gasteiger partial charge is 0.409 e.